The van der Waals surface area contributed by atoms with Crippen LogP contribution in [0.15, 0.2) is 24.3 Å². The molecule has 0 spiro atoms. The monoisotopic (exact) mass is 272 g/mol. The SMILES string of the molecule is O=[N+]([O-])c1ccccc1CN1CCOCS1(=O)=O. The summed E-state index contributed by atoms with van der Waals surface area (Å²) in [5.74, 6) is -0.367. The molecule has 8 heteroatoms. The van der Waals surface area contributed by atoms with Crippen LogP contribution in [0.2, 0.25) is 0 Å². The number of rotatable bonds is 3. The van der Waals surface area contributed by atoms with Crippen LogP contribution >= 0.6 is 0 Å². The maximum atomic E-state index is 11.7. The van der Waals surface area contributed by atoms with Crippen molar-refractivity contribution in [1.82, 2.24) is 4.31 Å². The molecule has 1 saturated heterocycles. The Balaban J connectivity index is 2.26. The van der Waals surface area contributed by atoms with E-state index in [1.807, 2.05) is 0 Å². The highest BCUT2D eigenvalue weighted by Gasteiger charge is 2.28. The smallest absolute Gasteiger partial charge is 0.273 e. The van der Waals surface area contributed by atoms with E-state index >= 15 is 0 Å². The molecule has 0 N–H and O–H groups in total. The van der Waals surface area contributed by atoms with Gasteiger partial charge >= 0.3 is 0 Å². The third-order valence-corrected chi connectivity index (χ3v) is 4.21. The number of sulfonamides is 1. The van der Waals surface area contributed by atoms with E-state index in [1.165, 1.54) is 10.4 Å². The van der Waals surface area contributed by atoms with E-state index in [2.05, 4.69) is 0 Å². The average molecular weight is 272 g/mol. The van der Waals surface area contributed by atoms with Crippen LogP contribution < -0.4 is 0 Å². The molecule has 1 aromatic carbocycles. The van der Waals surface area contributed by atoms with Crippen LogP contribution in [0.1, 0.15) is 5.56 Å². The molecule has 0 aliphatic carbocycles. The number of nitrogens with zero attached hydrogens (tertiary/aromatic N) is 2. The minimum atomic E-state index is -3.48. The van der Waals surface area contributed by atoms with Gasteiger partial charge in [-0.05, 0) is 0 Å². The quantitative estimate of drug-likeness (QED) is 0.597. The van der Waals surface area contributed by atoms with Crippen molar-refractivity contribution in [3.8, 4) is 0 Å². The molecule has 98 valence electrons. The van der Waals surface area contributed by atoms with Gasteiger partial charge in [0.1, 0.15) is 0 Å². The number of benzene rings is 1. The normalized spacial score (nSPS) is 19.6. The van der Waals surface area contributed by atoms with Crippen LogP contribution in [0.25, 0.3) is 0 Å². The van der Waals surface area contributed by atoms with Crippen LogP contribution in [0.3, 0.4) is 0 Å². The molecular weight excluding hydrogens is 260 g/mol. The maximum absolute atomic E-state index is 11.7. The number of ether oxygens (including phenoxy) is 1. The van der Waals surface area contributed by atoms with Gasteiger partial charge < -0.3 is 4.74 Å². The fraction of sp³-hybridized carbons (Fsp3) is 0.400. The van der Waals surface area contributed by atoms with E-state index in [9.17, 15) is 18.5 Å². The van der Waals surface area contributed by atoms with E-state index in [4.69, 9.17) is 4.74 Å². The number of para-hydroxylation sites is 1. The van der Waals surface area contributed by atoms with Crippen molar-refractivity contribution in [2.75, 3.05) is 19.1 Å². The topological polar surface area (TPSA) is 89.8 Å². The Bertz CT molecular complexity index is 557. The van der Waals surface area contributed by atoms with Gasteiger partial charge in [0.15, 0.2) is 5.94 Å². The Morgan fingerprint density at radius 3 is 2.78 bits per heavy atom. The zero-order valence-corrected chi connectivity index (χ0v) is 10.3. The largest absolute Gasteiger partial charge is 0.363 e. The van der Waals surface area contributed by atoms with Gasteiger partial charge in [-0.2, -0.15) is 4.31 Å². The summed E-state index contributed by atoms with van der Waals surface area (Å²) in [6, 6.07) is 6.12. The lowest BCUT2D eigenvalue weighted by Crippen LogP contribution is -2.40. The van der Waals surface area contributed by atoms with Crippen LogP contribution in [0.5, 0.6) is 0 Å². The molecular formula is C10H12N2O5S. The van der Waals surface area contributed by atoms with Gasteiger partial charge in [0.05, 0.1) is 11.5 Å². The molecule has 1 aromatic rings. The first-order valence-electron chi connectivity index (χ1n) is 5.28. The molecule has 0 amide bonds. The van der Waals surface area contributed by atoms with E-state index < -0.39 is 14.9 Å². The lowest BCUT2D eigenvalue weighted by atomic mass is 10.2. The minimum Gasteiger partial charge on any atom is -0.363 e. The molecule has 0 radical (unpaired) electrons. The number of hydrogen-bond donors (Lipinski definition) is 0. The van der Waals surface area contributed by atoms with Gasteiger partial charge in [0.25, 0.3) is 5.69 Å². The Morgan fingerprint density at radius 1 is 1.39 bits per heavy atom. The van der Waals surface area contributed by atoms with Crippen molar-refractivity contribution in [2.24, 2.45) is 0 Å². The Kier molecular flexibility index (Phi) is 3.60. The summed E-state index contributed by atoms with van der Waals surface area (Å²) < 4.78 is 29.5. The summed E-state index contributed by atoms with van der Waals surface area (Å²) in [6.07, 6.45) is 0. The summed E-state index contributed by atoms with van der Waals surface area (Å²) in [7, 11) is -3.48. The maximum Gasteiger partial charge on any atom is 0.273 e. The number of nitro groups is 1. The summed E-state index contributed by atoms with van der Waals surface area (Å²) >= 11 is 0. The molecule has 0 bridgehead atoms. The predicted octanol–water partition coefficient (Wildman–Crippen LogP) is 0.714. The van der Waals surface area contributed by atoms with Gasteiger partial charge in [0.2, 0.25) is 10.0 Å². The molecule has 0 saturated carbocycles. The van der Waals surface area contributed by atoms with E-state index in [0.717, 1.165) is 0 Å². The van der Waals surface area contributed by atoms with Gasteiger partial charge in [-0.1, -0.05) is 18.2 Å². The highest BCUT2D eigenvalue weighted by atomic mass is 32.2. The molecule has 0 unspecified atom stereocenters. The third-order valence-electron chi connectivity index (χ3n) is 2.65. The number of hydrogen-bond acceptors (Lipinski definition) is 5. The second kappa shape index (κ2) is 5.01. The molecule has 1 aliphatic rings. The molecule has 2 rings (SSSR count). The number of nitro benzene ring substituents is 1. The summed E-state index contributed by atoms with van der Waals surface area (Å²) in [5.41, 5.74) is 0.312. The van der Waals surface area contributed by atoms with Gasteiger partial charge in [-0.3, -0.25) is 10.1 Å². The third kappa shape index (κ3) is 2.66. The summed E-state index contributed by atoms with van der Waals surface area (Å²) in [6.45, 7) is 0.525. The van der Waals surface area contributed by atoms with Crippen molar-refractivity contribution in [2.45, 2.75) is 6.54 Å². The Hall–Kier alpha value is -1.51. The average Bonchev–Trinajstić information content (AvgIpc) is 2.32. The Morgan fingerprint density at radius 2 is 2.11 bits per heavy atom. The van der Waals surface area contributed by atoms with Crippen molar-refractivity contribution < 1.29 is 18.1 Å². The van der Waals surface area contributed by atoms with E-state index in [-0.39, 0.29) is 24.7 Å². The predicted molar refractivity (Wildman–Crippen MR) is 63.2 cm³/mol. The van der Waals surface area contributed by atoms with E-state index in [0.29, 0.717) is 12.2 Å². The molecule has 0 atom stereocenters. The highest BCUT2D eigenvalue weighted by Crippen LogP contribution is 2.21. The molecule has 7 nitrogen and oxygen atoms in total. The molecule has 18 heavy (non-hydrogen) atoms. The molecule has 1 heterocycles. The molecule has 1 aliphatic heterocycles. The summed E-state index contributed by atoms with van der Waals surface area (Å²) in [5, 5.41) is 10.8. The first-order valence-corrected chi connectivity index (χ1v) is 6.89. The highest BCUT2D eigenvalue weighted by molar-refractivity contribution is 7.88. The van der Waals surface area contributed by atoms with Gasteiger partial charge in [-0.15, -0.1) is 0 Å². The second-order valence-electron chi connectivity index (χ2n) is 3.86. The van der Waals surface area contributed by atoms with Crippen molar-refractivity contribution >= 4 is 15.7 Å². The van der Waals surface area contributed by atoms with Crippen LogP contribution in [-0.2, 0) is 21.3 Å². The van der Waals surface area contributed by atoms with Crippen LogP contribution in [0, 0.1) is 10.1 Å². The first-order chi connectivity index (χ1) is 8.50. The minimum absolute atomic E-state index is 0.00282. The lowest BCUT2D eigenvalue weighted by Gasteiger charge is -2.26. The van der Waals surface area contributed by atoms with Gasteiger partial charge in [0, 0.05) is 24.7 Å². The van der Waals surface area contributed by atoms with Crippen molar-refractivity contribution in [1.29, 1.82) is 0 Å². The fourth-order valence-corrected chi connectivity index (χ4v) is 2.90. The lowest BCUT2D eigenvalue weighted by molar-refractivity contribution is -0.385. The zero-order valence-electron chi connectivity index (χ0n) is 9.48. The standard InChI is InChI=1S/C10H12N2O5S/c13-12(14)10-4-2-1-3-9(10)7-11-5-6-17-8-18(11,15)16/h1-4H,5-8H2. The molecule has 1 fully saturated rings. The zero-order chi connectivity index (χ0) is 13.2. The van der Waals surface area contributed by atoms with Crippen molar-refractivity contribution in [3.05, 3.63) is 39.9 Å². The molecule has 0 aromatic heterocycles. The first kappa shape index (κ1) is 12.9. The summed E-state index contributed by atoms with van der Waals surface area (Å²) in [4.78, 5) is 10.3. The van der Waals surface area contributed by atoms with E-state index in [1.54, 1.807) is 18.2 Å². The van der Waals surface area contributed by atoms with Gasteiger partial charge in [-0.25, -0.2) is 8.42 Å². The Labute approximate surface area is 104 Å². The fourth-order valence-electron chi connectivity index (χ4n) is 1.73. The van der Waals surface area contributed by atoms with Crippen molar-refractivity contribution in [3.63, 3.8) is 0 Å². The second-order valence-corrected chi connectivity index (χ2v) is 5.77. The van der Waals surface area contributed by atoms with Crippen LogP contribution in [-0.4, -0.2) is 36.7 Å². The van der Waals surface area contributed by atoms with Crippen LogP contribution in [0.4, 0.5) is 5.69 Å².